The standard InChI is InChI=1S/C11H15NO4S2/c1-16-4-6-17-7-9(13)12-10(11(14)15)8-3-2-5-18-8/h2-3,5,10H,4,6-7H2,1H3,(H,12,13)(H,14,15). The minimum absolute atomic E-state index is 0.235. The van der Waals surface area contributed by atoms with E-state index in [0.29, 0.717) is 17.2 Å². The molecule has 0 aliphatic rings. The molecule has 7 heteroatoms. The van der Waals surface area contributed by atoms with E-state index in [1.165, 1.54) is 23.1 Å². The molecule has 1 amide bonds. The summed E-state index contributed by atoms with van der Waals surface area (Å²) in [5, 5.41) is 13.4. The highest BCUT2D eigenvalue weighted by molar-refractivity contribution is 7.99. The zero-order chi connectivity index (χ0) is 13.4. The number of aliphatic carboxylic acids is 1. The Morgan fingerprint density at radius 3 is 2.94 bits per heavy atom. The number of carbonyl (C=O) groups is 2. The quantitative estimate of drug-likeness (QED) is 0.707. The predicted octanol–water partition coefficient (Wildman–Crippen LogP) is 1.37. The van der Waals surface area contributed by atoms with Gasteiger partial charge in [0.25, 0.3) is 0 Å². The van der Waals surface area contributed by atoms with Crippen molar-refractivity contribution < 1.29 is 19.4 Å². The van der Waals surface area contributed by atoms with Crippen molar-refractivity contribution in [2.75, 3.05) is 25.2 Å². The lowest BCUT2D eigenvalue weighted by molar-refractivity contribution is -0.141. The number of thioether (sulfide) groups is 1. The highest BCUT2D eigenvalue weighted by atomic mass is 32.2. The average molecular weight is 289 g/mol. The van der Waals surface area contributed by atoms with Crippen LogP contribution < -0.4 is 5.32 Å². The number of hydrogen-bond donors (Lipinski definition) is 2. The molecule has 0 spiro atoms. The molecule has 0 saturated carbocycles. The maximum absolute atomic E-state index is 11.6. The van der Waals surface area contributed by atoms with Crippen LogP contribution in [0.3, 0.4) is 0 Å². The number of nitrogens with one attached hydrogen (secondary N) is 1. The van der Waals surface area contributed by atoms with Gasteiger partial charge in [0.05, 0.1) is 12.4 Å². The summed E-state index contributed by atoms with van der Waals surface area (Å²) in [5.41, 5.74) is 0. The number of carbonyl (C=O) groups excluding carboxylic acids is 1. The van der Waals surface area contributed by atoms with E-state index in [2.05, 4.69) is 5.32 Å². The Hall–Kier alpha value is -1.05. The molecule has 0 radical (unpaired) electrons. The van der Waals surface area contributed by atoms with Crippen molar-refractivity contribution in [3.8, 4) is 0 Å². The second kappa shape index (κ2) is 8.12. The van der Waals surface area contributed by atoms with Crippen LogP contribution in [0.1, 0.15) is 10.9 Å². The molecule has 1 unspecified atom stereocenters. The van der Waals surface area contributed by atoms with Crippen LogP contribution in [-0.2, 0) is 14.3 Å². The van der Waals surface area contributed by atoms with E-state index in [1.807, 2.05) is 0 Å². The van der Waals surface area contributed by atoms with Crippen molar-refractivity contribution in [1.82, 2.24) is 5.32 Å². The molecule has 0 aromatic carbocycles. The fraction of sp³-hybridized carbons (Fsp3) is 0.455. The topological polar surface area (TPSA) is 75.6 Å². The SMILES string of the molecule is COCCSCC(=O)NC(C(=O)O)c1cccs1. The van der Waals surface area contributed by atoms with Gasteiger partial charge in [-0.3, -0.25) is 4.79 Å². The summed E-state index contributed by atoms with van der Waals surface area (Å²) in [5.74, 6) is -0.385. The van der Waals surface area contributed by atoms with E-state index in [0.717, 1.165) is 0 Å². The highest BCUT2D eigenvalue weighted by Gasteiger charge is 2.22. The number of methoxy groups -OCH3 is 1. The summed E-state index contributed by atoms with van der Waals surface area (Å²) in [7, 11) is 1.60. The number of amides is 1. The average Bonchev–Trinajstić information content (AvgIpc) is 2.85. The Kier molecular flexibility index (Phi) is 6.77. The van der Waals surface area contributed by atoms with E-state index >= 15 is 0 Å². The molecular formula is C11H15NO4S2. The van der Waals surface area contributed by atoms with Gasteiger partial charge in [-0.05, 0) is 11.4 Å². The maximum Gasteiger partial charge on any atom is 0.331 e. The van der Waals surface area contributed by atoms with Crippen molar-refractivity contribution in [3.63, 3.8) is 0 Å². The third-order valence-electron chi connectivity index (χ3n) is 2.04. The molecule has 0 aliphatic carbocycles. The van der Waals surface area contributed by atoms with Crippen molar-refractivity contribution in [2.45, 2.75) is 6.04 Å². The van der Waals surface area contributed by atoms with Gasteiger partial charge < -0.3 is 15.2 Å². The van der Waals surface area contributed by atoms with Crippen LogP contribution in [-0.4, -0.2) is 42.2 Å². The van der Waals surface area contributed by atoms with Gasteiger partial charge in [-0.1, -0.05) is 6.07 Å². The van der Waals surface area contributed by atoms with Crippen molar-refractivity contribution in [2.24, 2.45) is 0 Å². The van der Waals surface area contributed by atoms with Crippen molar-refractivity contribution in [1.29, 1.82) is 0 Å². The van der Waals surface area contributed by atoms with Crippen molar-refractivity contribution >= 4 is 35.0 Å². The summed E-state index contributed by atoms with van der Waals surface area (Å²) in [4.78, 5) is 23.3. The molecule has 0 saturated heterocycles. The molecule has 0 aliphatic heterocycles. The fourth-order valence-electron chi connectivity index (χ4n) is 1.22. The minimum Gasteiger partial charge on any atom is -0.479 e. The minimum atomic E-state index is -1.05. The zero-order valence-electron chi connectivity index (χ0n) is 9.92. The second-order valence-electron chi connectivity index (χ2n) is 3.40. The fourth-order valence-corrected chi connectivity index (χ4v) is 2.68. The molecule has 18 heavy (non-hydrogen) atoms. The van der Waals surface area contributed by atoms with Crippen LogP contribution >= 0.6 is 23.1 Å². The summed E-state index contributed by atoms with van der Waals surface area (Å²) in [6, 6.07) is 2.50. The van der Waals surface area contributed by atoms with E-state index in [4.69, 9.17) is 9.84 Å². The lowest BCUT2D eigenvalue weighted by atomic mass is 10.2. The molecular weight excluding hydrogens is 274 g/mol. The Labute approximate surface area is 114 Å². The normalized spacial score (nSPS) is 12.1. The van der Waals surface area contributed by atoms with Crippen LogP contribution in [0.15, 0.2) is 17.5 Å². The Morgan fingerprint density at radius 1 is 1.61 bits per heavy atom. The number of carboxylic acids is 1. The van der Waals surface area contributed by atoms with Crippen LogP contribution in [0.2, 0.25) is 0 Å². The number of hydrogen-bond acceptors (Lipinski definition) is 5. The summed E-state index contributed by atoms with van der Waals surface area (Å²) >= 11 is 2.72. The van der Waals surface area contributed by atoms with Gasteiger partial charge in [0.2, 0.25) is 5.91 Å². The molecule has 2 N–H and O–H groups in total. The zero-order valence-corrected chi connectivity index (χ0v) is 11.6. The predicted molar refractivity (Wildman–Crippen MR) is 72.0 cm³/mol. The van der Waals surface area contributed by atoms with Crippen LogP contribution in [0, 0.1) is 0 Å². The Bertz CT molecular complexity index is 380. The van der Waals surface area contributed by atoms with E-state index in [9.17, 15) is 9.59 Å². The number of rotatable bonds is 8. The molecule has 5 nitrogen and oxygen atoms in total. The molecule has 1 aromatic heterocycles. The third kappa shape index (κ3) is 5.07. The van der Waals surface area contributed by atoms with Gasteiger partial charge in [0.1, 0.15) is 0 Å². The Morgan fingerprint density at radius 2 is 2.39 bits per heavy atom. The maximum atomic E-state index is 11.6. The molecule has 1 aromatic rings. The van der Waals surface area contributed by atoms with E-state index < -0.39 is 12.0 Å². The second-order valence-corrected chi connectivity index (χ2v) is 5.48. The van der Waals surface area contributed by atoms with E-state index in [-0.39, 0.29) is 11.7 Å². The molecule has 1 heterocycles. The van der Waals surface area contributed by atoms with Gasteiger partial charge in [0.15, 0.2) is 6.04 Å². The van der Waals surface area contributed by atoms with Gasteiger partial charge in [0, 0.05) is 17.7 Å². The monoisotopic (exact) mass is 289 g/mol. The lowest BCUT2D eigenvalue weighted by Gasteiger charge is -2.12. The van der Waals surface area contributed by atoms with Gasteiger partial charge in [-0.15, -0.1) is 23.1 Å². The lowest BCUT2D eigenvalue weighted by Crippen LogP contribution is -2.34. The van der Waals surface area contributed by atoms with Gasteiger partial charge in [-0.25, -0.2) is 4.79 Å². The molecule has 1 atom stereocenters. The van der Waals surface area contributed by atoms with Crippen molar-refractivity contribution in [3.05, 3.63) is 22.4 Å². The number of thiophene rings is 1. The first-order chi connectivity index (χ1) is 8.65. The summed E-state index contributed by atoms with van der Waals surface area (Å²) in [6.07, 6.45) is 0. The summed E-state index contributed by atoms with van der Waals surface area (Å²) in [6.45, 7) is 0.575. The third-order valence-corrected chi connectivity index (χ3v) is 3.90. The highest BCUT2D eigenvalue weighted by Crippen LogP contribution is 2.19. The van der Waals surface area contributed by atoms with Crippen LogP contribution in [0.25, 0.3) is 0 Å². The molecule has 1 rings (SSSR count). The van der Waals surface area contributed by atoms with Gasteiger partial charge >= 0.3 is 5.97 Å². The summed E-state index contributed by atoms with van der Waals surface area (Å²) < 4.78 is 4.86. The first-order valence-corrected chi connectivity index (χ1v) is 7.31. The molecule has 0 bridgehead atoms. The first kappa shape index (κ1) is 15.0. The largest absolute Gasteiger partial charge is 0.479 e. The first-order valence-electron chi connectivity index (χ1n) is 5.27. The smallest absolute Gasteiger partial charge is 0.331 e. The van der Waals surface area contributed by atoms with Crippen LogP contribution in [0.5, 0.6) is 0 Å². The van der Waals surface area contributed by atoms with Crippen LogP contribution in [0.4, 0.5) is 0 Å². The Balaban J connectivity index is 2.42. The number of carboxylic acid groups (broad SMARTS) is 1. The number of ether oxygens (including phenoxy) is 1. The van der Waals surface area contributed by atoms with E-state index in [1.54, 1.807) is 24.6 Å². The molecule has 100 valence electrons. The molecule has 0 fully saturated rings. The van der Waals surface area contributed by atoms with Gasteiger partial charge in [-0.2, -0.15) is 0 Å².